The highest BCUT2D eigenvalue weighted by Gasteiger charge is 2.12. The van der Waals surface area contributed by atoms with Crippen LogP contribution in [0.3, 0.4) is 0 Å². The molecule has 0 radical (unpaired) electrons. The van der Waals surface area contributed by atoms with Gasteiger partial charge in [0.25, 0.3) is 0 Å². The molecule has 2 aromatic heterocycles. The molecule has 0 N–H and O–H groups in total. The molecule has 1 nitrogen and oxygen atoms in total. The van der Waals surface area contributed by atoms with Gasteiger partial charge in [0.15, 0.2) is 0 Å². The second kappa shape index (κ2) is 6.45. The van der Waals surface area contributed by atoms with Gasteiger partial charge in [0.05, 0.1) is 0 Å². The minimum atomic E-state index is 0.929. The third-order valence-electron chi connectivity index (χ3n) is 6.10. The van der Waals surface area contributed by atoms with Crippen molar-refractivity contribution >= 4 is 53.4 Å². The summed E-state index contributed by atoms with van der Waals surface area (Å²) in [5, 5.41) is 5.18. The van der Waals surface area contributed by atoms with Gasteiger partial charge in [-0.2, -0.15) is 0 Å². The largest absolute Gasteiger partial charge is 0.456 e. The molecule has 0 aliphatic rings. The molecule has 0 fully saturated rings. The molecule has 0 unspecified atom stereocenters. The van der Waals surface area contributed by atoms with Crippen LogP contribution in [0.5, 0.6) is 0 Å². The van der Waals surface area contributed by atoms with Crippen LogP contribution in [0.25, 0.3) is 42.1 Å². The molecule has 2 heteroatoms. The van der Waals surface area contributed by atoms with Gasteiger partial charge >= 0.3 is 0 Å². The maximum Gasteiger partial charge on any atom is 0.138 e. The van der Waals surface area contributed by atoms with Crippen LogP contribution in [0.15, 0.2) is 71.1 Å². The van der Waals surface area contributed by atoms with E-state index in [4.69, 9.17) is 4.42 Å². The summed E-state index contributed by atoms with van der Waals surface area (Å²) in [6.45, 7) is 6.55. The molecular weight excluding hydrogens is 384 g/mol. The number of benzene rings is 4. The maximum atomic E-state index is 6.10. The maximum absolute atomic E-state index is 6.10. The minimum Gasteiger partial charge on any atom is -0.456 e. The number of hydrogen-bond acceptors (Lipinski definition) is 2. The van der Waals surface area contributed by atoms with Gasteiger partial charge in [0.1, 0.15) is 11.2 Å². The molecular formula is C28H22OS. The lowest BCUT2D eigenvalue weighted by molar-refractivity contribution is 0.665. The molecule has 30 heavy (non-hydrogen) atoms. The van der Waals surface area contributed by atoms with E-state index in [2.05, 4.69) is 75.4 Å². The van der Waals surface area contributed by atoms with E-state index >= 15 is 0 Å². The van der Waals surface area contributed by atoms with E-state index in [0.29, 0.717) is 0 Å². The van der Waals surface area contributed by atoms with E-state index in [9.17, 15) is 0 Å². The van der Waals surface area contributed by atoms with E-state index in [0.717, 1.165) is 17.6 Å². The molecule has 0 amide bonds. The predicted octanol–water partition coefficient (Wildman–Crippen LogP) is 8.47. The Labute approximate surface area is 179 Å². The van der Waals surface area contributed by atoms with Gasteiger partial charge in [-0.15, -0.1) is 11.3 Å². The Balaban J connectivity index is 1.46. The van der Waals surface area contributed by atoms with Crippen LogP contribution in [-0.4, -0.2) is 0 Å². The lowest BCUT2D eigenvalue weighted by Crippen LogP contribution is -1.89. The van der Waals surface area contributed by atoms with E-state index < -0.39 is 0 Å². The van der Waals surface area contributed by atoms with Gasteiger partial charge in [-0.3, -0.25) is 0 Å². The summed E-state index contributed by atoms with van der Waals surface area (Å²) in [4.78, 5) is 0. The Bertz CT molecular complexity index is 1600. The number of hydrogen-bond donors (Lipinski definition) is 0. The number of aryl methyl sites for hydroxylation is 3. The van der Waals surface area contributed by atoms with Crippen molar-refractivity contribution in [2.24, 2.45) is 0 Å². The number of para-hydroxylation sites is 1. The van der Waals surface area contributed by atoms with Gasteiger partial charge in [-0.25, -0.2) is 0 Å². The zero-order valence-corrected chi connectivity index (χ0v) is 18.2. The first-order valence-corrected chi connectivity index (χ1v) is 11.2. The van der Waals surface area contributed by atoms with Crippen molar-refractivity contribution in [1.29, 1.82) is 0 Å². The Morgan fingerprint density at radius 1 is 0.700 bits per heavy atom. The number of fused-ring (bicyclic) bond motifs is 6. The van der Waals surface area contributed by atoms with Gasteiger partial charge in [-0.1, -0.05) is 48.0 Å². The Morgan fingerprint density at radius 3 is 2.47 bits per heavy atom. The normalized spacial score (nSPS) is 12.0. The highest BCUT2D eigenvalue weighted by molar-refractivity contribution is 7.26. The summed E-state index contributed by atoms with van der Waals surface area (Å²) in [7, 11) is 0. The average Bonchev–Trinajstić information content (AvgIpc) is 3.27. The van der Waals surface area contributed by atoms with Crippen LogP contribution in [0.2, 0.25) is 0 Å². The van der Waals surface area contributed by atoms with Gasteiger partial charge in [0.2, 0.25) is 0 Å². The first-order chi connectivity index (χ1) is 14.6. The fraction of sp³-hybridized carbons (Fsp3) is 0.143. The Hall–Kier alpha value is -3.10. The van der Waals surface area contributed by atoms with Crippen LogP contribution in [0, 0.1) is 20.8 Å². The number of furan rings is 1. The van der Waals surface area contributed by atoms with Crippen LogP contribution in [0.1, 0.15) is 27.8 Å². The van der Waals surface area contributed by atoms with Crippen LogP contribution in [0.4, 0.5) is 0 Å². The summed E-state index contributed by atoms with van der Waals surface area (Å²) >= 11 is 1.92. The third-order valence-corrected chi connectivity index (χ3v) is 7.40. The first kappa shape index (κ1) is 17.7. The van der Waals surface area contributed by atoms with Crippen LogP contribution < -0.4 is 0 Å². The van der Waals surface area contributed by atoms with Crippen LogP contribution in [-0.2, 0) is 6.42 Å². The molecule has 0 aliphatic carbocycles. The van der Waals surface area contributed by atoms with Crippen molar-refractivity contribution in [1.82, 2.24) is 0 Å². The number of rotatable bonds is 2. The first-order valence-electron chi connectivity index (χ1n) is 10.4. The van der Waals surface area contributed by atoms with Crippen molar-refractivity contribution in [2.45, 2.75) is 27.2 Å². The molecule has 6 aromatic rings. The summed E-state index contributed by atoms with van der Waals surface area (Å²) in [6, 6.07) is 24.5. The zero-order valence-electron chi connectivity index (χ0n) is 17.4. The molecule has 0 atom stereocenters. The second-order valence-electron chi connectivity index (χ2n) is 8.46. The fourth-order valence-electron chi connectivity index (χ4n) is 4.79. The number of thiophene rings is 1. The Morgan fingerprint density at radius 2 is 1.57 bits per heavy atom. The van der Waals surface area contributed by atoms with Gasteiger partial charge < -0.3 is 4.42 Å². The van der Waals surface area contributed by atoms with Gasteiger partial charge in [-0.05, 0) is 73.7 Å². The van der Waals surface area contributed by atoms with Crippen molar-refractivity contribution in [2.75, 3.05) is 0 Å². The molecule has 0 spiro atoms. The molecule has 6 rings (SSSR count). The molecule has 2 heterocycles. The lowest BCUT2D eigenvalue weighted by Gasteiger charge is -2.05. The van der Waals surface area contributed by atoms with Gasteiger partial charge in [0, 0.05) is 30.9 Å². The highest BCUT2D eigenvalue weighted by Crippen LogP contribution is 2.38. The van der Waals surface area contributed by atoms with Crippen molar-refractivity contribution in [3.8, 4) is 0 Å². The monoisotopic (exact) mass is 406 g/mol. The smallest absolute Gasteiger partial charge is 0.138 e. The fourth-order valence-corrected chi connectivity index (χ4v) is 6.01. The summed E-state index contributed by atoms with van der Waals surface area (Å²) in [5.74, 6) is 0. The third kappa shape index (κ3) is 2.68. The minimum absolute atomic E-state index is 0.929. The SMILES string of the molecule is Cc1cc(C)c2sc3cc(Cc4cc(C)c5oc6ccccc6c5c4)ccc3c2c1. The molecule has 4 aromatic carbocycles. The predicted molar refractivity (Wildman–Crippen MR) is 130 cm³/mol. The molecule has 0 aliphatic heterocycles. The van der Waals surface area contributed by atoms with E-state index in [-0.39, 0.29) is 0 Å². The summed E-state index contributed by atoms with van der Waals surface area (Å²) in [6.07, 6.45) is 0.929. The topological polar surface area (TPSA) is 13.1 Å². The molecule has 0 saturated carbocycles. The van der Waals surface area contributed by atoms with E-state index in [1.165, 1.54) is 58.8 Å². The summed E-state index contributed by atoms with van der Waals surface area (Å²) < 4.78 is 8.89. The molecule has 0 bridgehead atoms. The summed E-state index contributed by atoms with van der Waals surface area (Å²) in [5.41, 5.74) is 8.57. The van der Waals surface area contributed by atoms with E-state index in [1.807, 2.05) is 23.5 Å². The van der Waals surface area contributed by atoms with Crippen LogP contribution >= 0.6 is 11.3 Å². The average molecular weight is 407 g/mol. The quantitative estimate of drug-likeness (QED) is 0.281. The zero-order chi connectivity index (χ0) is 20.4. The Kier molecular flexibility index (Phi) is 3.81. The highest BCUT2D eigenvalue weighted by atomic mass is 32.1. The van der Waals surface area contributed by atoms with Crippen molar-refractivity contribution in [3.05, 3.63) is 94.5 Å². The molecule has 146 valence electrons. The van der Waals surface area contributed by atoms with Crippen molar-refractivity contribution < 1.29 is 4.42 Å². The van der Waals surface area contributed by atoms with Crippen molar-refractivity contribution in [3.63, 3.8) is 0 Å². The second-order valence-corrected chi connectivity index (χ2v) is 9.51. The lowest BCUT2D eigenvalue weighted by atomic mass is 9.99. The molecule has 0 saturated heterocycles. The standard InChI is InChI=1S/C28H22OS/c1-16-10-18(3)28-24(11-16)22-9-8-19(15-26(22)30-28)13-20-12-17(2)27-23(14-20)21-6-4-5-7-25(21)29-27/h4-12,14-15H,13H2,1-3H3. The van der Waals surface area contributed by atoms with E-state index in [1.54, 1.807) is 0 Å².